The van der Waals surface area contributed by atoms with Gasteiger partial charge in [0.25, 0.3) is 0 Å². The quantitative estimate of drug-likeness (QED) is 0.324. The van der Waals surface area contributed by atoms with Gasteiger partial charge in [-0.3, -0.25) is 10.1 Å². The second-order valence-electron chi connectivity index (χ2n) is 8.03. The summed E-state index contributed by atoms with van der Waals surface area (Å²) in [6.07, 6.45) is 8.03. The Hall–Kier alpha value is -3.78. The van der Waals surface area contributed by atoms with E-state index in [4.69, 9.17) is 4.98 Å². The zero-order valence-corrected chi connectivity index (χ0v) is 16.7. The third-order valence-corrected chi connectivity index (χ3v) is 6.00. The lowest BCUT2D eigenvalue weighted by molar-refractivity contribution is 0.0851. The molecule has 1 aliphatic carbocycles. The molecule has 1 aliphatic rings. The summed E-state index contributed by atoms with van der Waals surface area (Å²) >= 11 is 0. The molecule has 0 saturated heterocycles. The zero-order valence-electron chi connectivity index (χ0n) is 16.7. The van der Waals surface area contributed by atoms with E-state index in [0.717, 1.165) is 63.2 Å². The fourth-order valence-corrected chi connectivity index (χ4v) is 4.04. The second-order valence-corrected chi connectivity index (χ2v) is 8.03. The summed E-state index contributed by atoms with van der Waals surface area (Å²) in [7, 11) is 0. The SMILES string of the molecule is OC(Nc1cncc(-c2ccc3[nH]nc(-c4cc5cccnc5[nH]4)c3n2)c1)C1CCC1. The number of fused-ring (bicyclic) bond motifs is 2. The number of pyridine rings is 3. The smallest absolute Gasteiger partial charge is 0.137 e. The summed E-state index contributed by atoms with van der Waals surface area (Å²) in [6.45, 7) is 0. The van der Waals surface area contributed by atoms with Gasteiger partial charge in [0.1, 0.15) is 23.1 Å². The number of aliphatic hydroxyl groups excluding tert-OH is 1. The van der Waals surface area contributed by atoms with E-state index in [2.05, 4.69) is 30.5 Å². The van der Waals surface area contributed by atoms with Gasteiger partial charge in [0.15, 0.2) is 0 Å². The van der Waals surface area contributed by atoms with Gasteiger partial charge in [-0.2, -0.15) is 5.10 Å². The molecule has 0 radical (unpaired) electrons. The molecule has 4 N–H and O–H groups in total. The van der Waals surface area contributed by atoms with Crippen LogP contribution >= 0.6 is 0 Å². The van der Waals surface area contributed by atoms with Crippen LogP contribution in [0.25, 0.3) is 44.7 Å². The minimum absolute atomic E-state index is 0.317. The third kappa shape index (κ3) is 3.21. The van der Waals surface area contributed by atoms with Gasteiger partial charge in [0, 0.05) is 29.3 Å². The highest BCUT2D eigenvalue weighted by molar-refractivity contribution is 5.93. The third-order valence-electron chi connectivity index (χ3n) is 6.00. The Kier molecular flexibility index (Phi) is 4.17. The molecule has 5 aromatic rings. The lowest BCUT2D eigenvalue weighted by atomic mass is 9.84. The molecule has 0 amide bonds. The summed E-state index contributed by atoms with van der Waals surface area (Å²) in [6, 6.07) is 11.8. The van der Waals surface area contributed by atoms with Crippen LogP contribution in [0.15, 0.2) is 55.0 Å². The number of rotatable bonds is 5. The molecule has 6 rings (SSSR count). The molecular formula is C23H21N7O. The molecule has 5 heterocycles. The largest absolute Gasteiger partial charge is 0.374 e. The van der Waals surface area contributed by atoms with Gasteiger partial charge >= 0.3 is 0 Å². The molecule has 8 heteroatoms. The Bertz CT molecular complexity index is 1350. The van der Waals surface area contributed by atoms with Crippen molar-refractivity contribution in [3.05, 3.63) is 55.0 Å². The van der Waals surface area contributed by atoms with Crippen molar-refractivity contribution in [2.75, 3.05) is 5.32 Å². The van der Waals surface area contributed by atoms with E-state index < -0.39 is 6.23 Å². The van der Waals surface area contributed by atoms with Crippen LogP contribution in [-0.4, -0.2) is 41.5 Å². The van der Waals surface area contributed by atoms with Crippen molar-refractivity contribution in [3.63, 3.8) is 0 Å². The molecule has 1 fully saturated rings. The van der Waals surface area contributed by atoms with Gasteiger partial charge in [-0.25, -0.2) is 9.97 Å². The summed E-state index contributed by atoms with van der Waals surface area (Å²) in [5.74, 6) is 0.317. The van der Waals surface area contributed by atoms with Crippen LogP contribution in [-0.2, 0) is 0 Å². The van der Waals surface area contributed by atoms with Crippen molar-refractivity contribution in [1.29, 1.82) is 0 Å². The Morgan fingerprint density at radius 1 is 1.13 bits per heavy atom. The van der Waals surface area contributed by atoms with E-state index in [0.29, 0.717) is 5.92 Å². The Balaban J connectivity index is 1.36. The average Bonchev–Trinajstić information content (AvgIpc) is 3.36. The second kappa shape index (κ2) is 7.17. The van der Waals surface area contributed by atoms with Crippen molar-refractivity contribution in [1.82, 2.24) is 30.1 Å². The maximum atomic E-state index is 10.3. The van der Waals surface area contributed by atoms with Crippen molar-refractivity contribution >= 4 is 27.8 Å². The molecule has 1 saturated carbocycles. The molecule has 5 aromatic heterocycles. The van der Waals surface area contributed by atoms with Crippen LogP contribution in [0.2, 0.25) is 0 Å². The Labute approximate surface area is 177 Å². The normalized spacial score (nSPS) is 15.3. The van der Waals surface area contributed by atoms with E-state index in [1.165, 1.54) is 6.42 Å². The van der Waals surface area contributed by atoms with Crippen LogP contribution in [0.3, 0.4) is 0 Å². The zero-order chi connectivity index (χ0) is 20.8. The number of H-pyrrole nitrogens is 2. The summed E-state index contributed by atoms with van der Waals surface area (Å²) in [5, 5.41) is 22.1. The fraction of sp³-hybridized carbons (Fsp3) is 0.217. The van der Waals surface area contributed by atoms with Crippen molar-refractivity contribution < 1.29 is 5.11 Å². The molecule has 8 nitrogen and oxygen atoms in total. The molecule has 31 heavy (non-hydrogen) atoms. The first kappa shape index (κ1) is 18.0. The van der Waals surface area contributed by atoms with Gasteiger partial charge in [0.2, 0.25) is 0 Å². The molecule has 0 spiro atoms. The number of hydrogen-bond acceptors (Lipinski definition) is 6. The van der Waals surface area contributed by atoms with Gasteiger partial charge < -0.3 is 15.4 Å². The molecule has 0 aliphatic heterocycles. The maximum absolute atomic E-state index is 10.3. The number of aliphatic hydroxyl groups is 1. The standard InChI is InChI=1S/C23H21N7O/c31-23(13-3-1-4-13)26-16-9-15(11-24-12-16)17-6-7-18-20(27-17)21(30-29-18)19-10-14-5-2-8-25-22(14)28-19/h2,5-13,23,26,31H,1,3-4H2,(H,25,28)(H,29,30). The first-order valence-electron chi connectivity index (χ1n) is 10.4. The molecular weight excluding hydrogens is 390 g/mol. The van der Waals surface area contributed by atoms with Crippen molar-refractivity contribution in [2.45, 2.75) is 25.5 Å². The number of aromatic nitrogens is 6. The number of nitrogens with zero attached hydrogens (tertiary/aromatic N) is 4. The first-order valence-corrected chi connectivity index (χ1v) is 10.4. The van der Waals surface area contributed by atoms with E-state index in [1.807, 2.05) is 36.4 Å². The van der Waals surface area contributed by atoms with Crippen LogP contribution < -0.4 is 5.32 Å². The monoisotopic (exact) mass is 411 g/mol. The molecule has 1 unspecified atom stereocenters. The van der Waals surface area contributed by atoms with Gasteiger partial charge in [0.05, 0.1) is 28.8 Å². The Morgan fingerprint density at radius 2 is 2.06 bits per heavy atom. The minimum atomic E-state index is -0.544. The summed E-state index contributed by atoms with van der Waals surface area (Å²) < 4.78 is 0. The van der Waals surface area contributed by atoms with Crippen LogP contribution in [0, 0.1) is 5.92 Å². The molecule has 154 valence electrons. The average molecular weight is 411 g/mol. The van der Waals surface area contributed by atoms with Gasteiger partial charge in [-0.15, -0.1) is 0 Å². The van der Waals surface area contributed by atoms with Crippen LogP contribution in [0.5, 0.6) is 0 Å². The first-order chi connectivity index (χ1) is 15.2. The van der Waals surface area contributed by atoms with Crippen LogP contribution in [0.4, 0.5) is 5.69 Å². The number of hydrogen-bond donors (Lipinski definition) is 4. The molecule has 0 bridgehead atoms. The van der Waals surface area contributed by atoms with Gasteiger partial charge in [-0.1, -0.05) is 6.42 Å². The minimum Gasteiger partial charge on any atom is -0.374 e. The Morgan fingerprint density at radius 3 is 2.90 bits per heavy atom. The number of anilines is 1. The van der Waals surface area contributed by atoms with Crippen LogP contribution in [0.1, 0.15) is 19.3 Å². The van der Waals surface area contributed by atoms with Gasteiger partial charge in [-0.05, 0) is 49.2 Å². The highest BCUT2D eigenvalue weighted by Crippen LogP contribution is 2.32. The van der Waals surface area contributed by atoms with E-state index in [9.17, 15) is 5.11 Å². The number of aromatic amines is 2. The van der Waals surface area contributed by atoms with E-state index in [1.54, 1.807) is 18.6 Å². The lowest BCUT2D eigenvalue weighted by Gasteiger charge is -2.31. The van der Waals surface area contributed by atoms with E-state index in [-0.39, 0.29) is 0 Å². The fourth-order valence-electron chi connectivity index (χ4n) is 4.04. The predicted octanol–water partition coefficient (Wildman–Crippen LogP) is 4.09. The van der Waals surface area contributed by atoms with E-state index >= 15 is 0 Å². The number of nitrogens with one attached hydrogen (secondary N) is 3. The highest BCUT2D eigenvalue weighted by Gasteiger charge is 2.25. The van der Waals surface area contributed by atoms with Crippen molar-refractivity contribution in [3.8, 4) is 22.6 Å². The topological polar surface area (TPSA) is 115 Å². The summed E-state index contributed by atoms with van der Waals surface area (Å²) in [4.78, 5) is 16.9. The molecule has 1 atom stereocenters. The maximum Gasteiger partial charge on any atom is 0.137 e. The lowest BCUT2D eigenvalue weighted by Crippen LogP contribution is -2.33. The summed E-state index contributed by atoms with van der Waals surface area (Å²) in [5.41, 5.74) is 6.51. The highest BCUT2D eigenvalue weighted by atomic mass is 16.3. The van der Waals surface area contributed by atoms with Crippen molar-refractivity contribution in [2.24, 2.45) is 5.92 Å². The molecule has 0 aromatic carbocycles. The predicted molar refractivity (Wildman–Crippen MR) is 119 cm³/mol.